The van der Waals surface area contributed by atoms with E-state index in [9.17, 15) is 14.4 Å². The predicted molar refractivity (Wildman–Crippen MR) is 325 cm³/mol. The summed E-state index contributed by atoms with van der Waals surface area (Å²) >= 11 is 0. The molecule has 0 aromatic carbocycles. The van der Waals surface area contributed by atoms with Crippen LogP contribution in [-0.4, -0.2) is 37.2 Å². The smallest absolute Gasteiger partial charge is 0.306 e. The van der Waals surface area contributed by atoms with Crippen LogP contribution in [-0.2, 0) is 28.6 Å². The van der Waals surface area contributed by atoms with E-state index in [1.165, 1.54) is 103 Å². The maximum atomic E-state index is 12.9. The van der Waals surface area contributed by atoms with Crippen LogP contribution < -0.4 is 0 Å². The first-order chi connectivity index (χ1) is 37.0. The van der Waals surface area contributed by atoms with Crippen LogP contribution in [0.3, 0.4) is 0 Å². The summed E-state index contributed by atoms with van der Waals surface area (Å²) in [5.74, 6) is -0.956. The highest BCUT2D eigenvalue weighted by atomic mass is 16.6. The van der Waals surface area contributed by atoms with Crippen LogP contribution in [0.25, 0.3) is 0 Å². The summed E-state index contributed by atoms with van der Waals surface area (Å²) in [6, 6.07) is 0. The second-order valence-electron chi connectivity index (χ2n) is 20.2. The van der Waals surface area contributed by atoms with E-state index >= 15 is 0 Å². The highest BCUT2D eigenvalue weighted by Gasteiger charge is 2.19. The van der Waals surface area contributed by atoms with Gasteiger partial charge in [0.1, 0.15) is 13.2 Å². The highest BCUT2D eigenvalue weighted by molar-refractivity contribution is 5.71. The molecule has 0 aliphatic rings. The van der Waals surface area contributed by atoms with Gasteiger partial charge in [0, 0.05) is 19.3 Å². The Morgan fingerprint density at radius 2 is 0.520 bits per heavy atom. The molecule has 0 fully saturated rings. The molecule has 6 heteroatoms. The van der Waals surface area contributed by atoms with Gasteiger partial charge in [-0.15, -0.1) is 0 Å². The fourth-order valence-corrected chi connectivity index (χ4v) is 8.34. The number of carbonyl (C=O) groups excluding carboxylic acids is 3. The van der Waals surface area contributed by atoms with Crippen LogP contribution >= 0.6 is 0 Å². The highest BCUT2D eigenvalue weighted by Crippen LogP contribution is 2.15. The van der Waals surface area contributed by atoms with Crippen molar-refractivity contribution in [3.05, 3.63) is 122 Å². The van der Waals surface area contributed by atoms with Crippen molar-refractivity contribution < 1.29 is 28.6 Å². The van der Waals surface area contributed by atoms with Gasteiger partial charge in [-0.25, -0.2) is 0 Å². The van der Waals surface area contributed by atoms with Crippen LogP contribution in [0.2, 0.25) is 0 Å². The lowest BCUT2D eigenvalue weighted by Gasteiger charge is -2.18. The van der Waals surface area contributed by atoms with Crippen molar-refractivity contribution in [3.8, 4) is 0 Å². The number of ether oxygens (including phenoxy) is 3. The summed E-state index contributed by atoms with van der Waals surface area (Å²) < 4.78 is 16.9. The van der Waals surface area contributed by atoms with Gasteiger partial charge in [0.15, 0.2) is 6.10 Å². The van der Waals surface area contributed by atoms with Crippen molar-refractivity contribution in [1.29, 1.82) is 0 Å². The van der Waals surface area contributed by atoms with E-state index in [1.54, 1.807) is 0 Å². The predicted octanol–water partition coefficient (Wildman–Crippen LogP) is 21.2. The molecule has 0 aromatic heterocycles. The zero-order chi connectivity index (χ0) is 54.3. The minimum Gasteiger partial charge on any atom is -0.462 e. The van der Waals surface area contributed by atoms with Crippen molar-refractivity contribution in [2.24, 2.45) is 0 Å². The molecule has 1 atom stereocenters. The Hall–Kier alpha value is -4.19. The molecule has 426 valence electrons. The van der Waals surface area contributed by atoms with E-state index in [4.69, 9.17) is 14.2 Å². The third kappa shape index (κ3) is 60.6. The van der Waals surface area contributed by atoms with E-state index in [0.29, 0.717) is 12.8 Å². The number of unbranched alkanes of at least 4 members (excludes halogenated alkanes) is 24. The lowest BCUT2D eigenvalue weighted by molar-refractivity contribution is -0.167. The summed E-state index contributed by atoms with van der Waals surface area (Å²) in [5, 5.41) is 0. The van der Waals surface area contributed by atoms with Gasteiger partial charge in [0.05, 0.1) is 0 Å². The van der Waals surface area contributed by atoms with Crippen LogP contribution in [0.4, 0.5) is 0 Å². The number of esters is 3. The third-order valence-electron chi connectivity index (χ3n) is 12.9. The summed E-state index contributed by atoms with van der Waals surface area (Å²) in [6.07, 6.45) is 86.2. The lowest BCUT2D eigenvalue weighted by atomic mass is 10.0. The van der Waals surface area contributed by atoms with Crippen LogP contribution in [0.15, 0.2) is 122 Å². The van der Waals surface area contributed by atoms with Crippen molar-refractivity contribution in [3.63, 3.8) is 0 Å². The molecular formula is C69H114O6. The van der Waals surface area contributed by atoms with Crippen LogP contribution in [0.5, 0.6) is 0 Å². The number of carbonyl (C=O) groups is 3. The zero-order valence-electron chi connectivity index (χ0n) is 48.8. The maximum Gasteiger partial charge on any atom is 0.306 e. The SMILES string of the molecule is CC/C=C\C/C=C\C/C=C\C/C=C\C/C=C\CCCCCC(=O)OC[C@H](COC(=O)CCCCCCCCCCCCC/C=C\CCCCCCCC)OC(=O)CCCCCC/C=C\C/C=C\C/C=C\C/C=C\CC. The van der Waals surface area contributed by atoms with E-state index in [-0.39, 0.29) is 37.5 Å². The standard InChI is InChI=1S/C69H114O6/c1-4-7-10-13-16-19-22-25-28-31-33-34-36-39-41-44-47-50-53-56-59-62-68(71)74-65-66(75-69(72)63-60-57-54-51-48-45-42-37-30-27-24-21-18-15-12-9-6-3)64-73-67(70)61-58-55-52-49-46-43-40-38-35-32-29-26-23-20-17-14-11-8-5-2/h8-9,11-12,17-18,20-21,25-30,35,38,42-43,45-46,66H,4-7,10,13-16,19,22-24,31-34,36-37,39-41,44,47-65H2,1-3H3/b11-8-,12-9-,20-17-,21-18-,28-25-,29-26-,30-27-,38-35-,45-42-,46-43-/t66-/m1/s1. The average molecular weight is 1040 g/mol. The minimum absolute atomic E-state index is 0.101. The first-order valence-electron chi connectivity index (χ1n) is 31.0. The van der Waals surface area contributed by atoms with Gasteiger partial charge in [-0.2, -0.15) is 0 Å². The maximum absolute atomic E-state index is 12.9. The van der Waals surface area contributed by atoms with Crippen molar-refractivity contribution in [2.75, 3.05) is 13.2 Å². The first-order valence-corrected chi connectivity index (χ1v) is 31.0. The molecule has 0 saturated carbocycles. The summed E-state index contributed by atoms with van der Waals surface area (Å²) in [7, 11) is 0. The van der Waals surface area contributed by atoms with E-state index in [0.717, 1.165) is 135 Å². The Kier molecular flexibility index (Phi) is 58.9. The molecule has 0 saturated heterocycles. The molecule has 0 unspecified atom stereocenters. The largest absolute Gasteiger partial charge is 0.462 e. The molecule has 0 rings (SSSR count). The molecular weight excluding hydrogens is 925 g/mol. The quantitative estimate of drug-likeness (QED) is 0.0261. The molecule has 0 aliphatic heterocycles. The van der Waals surface area contributed by atoms with E-state index in [2.05, 4.69) is 142 Å². The fourth-order valence-electron chi connectivity index (χ4n) is 8.34. The molecule has 0 aromatic rings. The second kappa shape index (κ2) is 62.4. The number of hydrogen-bond donors (Lipinski definition) is 0. The van der Waals surface area contributed by atoms with Crippen molar-refractivity contribution in [2.45, 2.75) is 284 Å². The molecule has 0 radical (unpaired) electrons. The fraction of sp³-hybridized carbons (Fsp3) is 0.667. The molecule has 0 bridgehead atoms. The Morgan fingerprint density at radius 1 is 0.280 bits per heavy atom. The molecule has 75 heavy (non-hydrogen) atoms. The van der Waals surface area contributed by atoms with Gasteiger partial charge >= 0.3 is 17.9 Å². The van der Waals surface area contributed by atoms with E-state index in [1.807, 2.05) is 0 Å². The Balaban J connectivity index is 4.47. The van der Waals surface area contributed by atoms with Crippen molar-refractivity contribution >= 4 is 17.9 Å². The van der Waals surface area contributed by atoms with Gasteiger partial charge in [0.2, 0.25) is 0 Å². The molecule has 0 heterocycles. The molecule has 0 spiro atoms. The van der Waals surface area contributed by atoms with Gasteiger partial charge in [-0.1, -0.05) is 251 Å². The third-order valence-corrected chi connectivity index (χ3v) is 12.9. The molecule has 0 N–H and O–H groups in total. The van der Waals surface area contributed by atoms with Crippen LogP contribution in [0.1, 0.15) is 278 Å². The molecule has 0 amide bonds. The van der Waals surface area contributed by atoms with Crippen molar-refractivity contribution in [1.82, 2.24) is 0 Å². The monoisotopic (exact) mass is 1040 g/mol. The Bertz CT molecular complexity index is 1570. The second-order valence-corrected chi connectivity index (χ2v) is 20.2. The van der Waals surface area contributed by atoms with Gasteiger partial charge in [0.25, 0.3) is 0 Å². The van der Waals surface area contributed by atoms with Gasteiger partial charge in [-0.05, 0) is 128 Å². The normalized spacial score (nSPS) is 12.9. The number of hydrogen-bond acceptors (Lipinski definition) is 6. The number of rotatable bonds is 55. The summed E-state index contributed by atoms with van der Waals surface area (Å²) in [6.45, 7) is 6.37. The average Bonchev–Trinajstić information content (AvgIpc) is 3.41. The van der Waals surface area contributed by atoms with Gasteiger partial charge in [-0.3, -0.25) is 14.4 Å². The van der Waals surface area contributed by atoms with Gasteiger partial charge < -0.3 is 14.2 Å². The molecule has 6 nitrogen and oxygen atoms in total. The minimum atomic E-state index is -0.810. The Labute approximate surface area is 462 Å². The zero-order valence-corrected chi connectivity index (χ0v) is 48.8. The Morgan fingerprint density at radius 3 is 0.840 bits per heavy atom. The summed E-state index contributed by atoms with van der Waals surface area (Å²) in [4.78, 5) is 38.3. The summed E-state index contributed by atoms with van der Waals surface area (Å²) in [5.41, 5.74) is 0. The van der Waals surface area contributed by atoms with E-state index < -0.39 is 6.10 Å². The molecule has 0 aliphatic carbocycles. The first kappa shape index (κ1) is 70.8. The van der Waals surface area contributed by atoms with Crippen LogP contribution in [0, 0.1) is 0 Å². The number of allylic oxidation sites excluding steroid dienone is 20. The topological polar surface area (TPSA) is 78.9 Å². The lowest BCUT2D eigenvalue weighted by Crippen LogP contribution is -2.30.